The highest BCUT2D eigenvalue weighted by Crippen LogP contribution is 1.96. The number of hydrogen-bond acceptors (Lipinski definition) is 3. The number of nitrogens with zero attached hydrogens (tertiary/aromatic N) is 3. The molecule has 0 fully saturated rings. The summed E-state index contributed by atoms with van der Waals surface area (Å²) in [5, 5.41) is 6.27. The molecule has 130 valence electrons. The van der Waals surface area contributed by atoms with Gasteiger partial charge in [-0.25, -0.2) is 0 Å². The summed E-state index contributed by atoms with van der Waals surface area (Å²) in [7, 11) is 3.50. The Kier molecular flexibility index (Phi) is 11.4. The Labute approximate surface area is 156 Å². The Morgan fingerprint density at radius 1 is 1.43 bits per heavy atom. The van der Waals surface area contributed by atoms with Gasteiger partial charge in [0.05, 0.1) is 6.54 Å². The van der Waals surface area contributed by atoms with E-state index < -0.39 is 0 Å². The molecule has 2 N–H and O–H groups in total. The zero-order chi connectivity index (χ0) is 16.4. The van der Waals surface area contributed by atoms with Gasteiger partial charge in [-0.15, -0.1) is 24.0 Å². The molecule has 0 saturated heterocycles. The average molecular weight is 433 g/mol. The summed E-state index contributed by atoms with van der Waals surface area (Å²) >= 11 is 0. The van der Waals surface area contributed by atoms with Gasteiger partial charge in [0.1, 0.15) is 0 Å². The summed E-state index contributed by atoms with van der Waals surface area (Å²) < 4.78 is 0. The molecular formula is C16H28IN5O. The van der Waals surface area contributed by atoms with E-state index in [2.05, 4.69) is 34.5 Å². The van der Waals surface area contributed by atoms with Crippen LogP contribution in [0.15, 0.2) is 29.4 Å². The lowest BCUT2D eigenvalue weighted by molar-refractivity contribution is -0.128. The molecule has 23 heavy (non-hydrogen) atoms. The Morgan fingerprint density at radius 2 is 2.17 bits per heavy atom. The number of guanidine groups is 1. The van der Waals surface area contributed by atoms with Gasteiger partial charge in [-0.1, -0.05) is 13.0 Å². The van der Waals surface area contributed by atoms with Gasteiger partial charge in [0, 0.05) is 45.0 Å². The normalized spacial score (nSPS) is 12.1. The van der Waals surface area contributed by atoms with E-state index in [1.807, 2.05) is 18.2 Å². The number of pyridine rings is 1. The number of hydrogen-bond donors (Lipinski definition) is 2. The van der Waals surface area contributed by atoms with Crippen molar-refractivity contribution in [1.29, 1.82) is 0 Å². The van der Waals surface area contributed by atoms with Crippen LogP contribution in [-0.4, -0.2) is 55.0 Å². The number of nitrogens with one attached hydrogen (secondary N) is 2. The van der Waals surface area contributed by atoms with Crippen LogP contribution in [0.2, 0.25) is 0 Å². The number of carbonyl (C=O) groups excluding carboxylic acids is 1. The van der Waals surface area contributed by atoms with Crippen LogP contribution in [0.4, 0.5) is 0 Å². The number of carbonyl (C=O) groups is 1. The molecule has 1 rings (SSSR count). The van der Waals surface area contributed by atoms with Crippen LogP contribution < -0.4 is 10.6 Å². The van der Waals surface area contributed by atoms with E-state index in [-0.39, 0.29) is 36.4 Å². The summed E-state index contributed by atoms with van der Waals surface area (Å²) in [6, 6.07) is 6.13. The smallest absolute Gasteiger partial charge is 0.241 e. The molecule has 6 nitrogen and oxygen atoms in total. The summed E-state index contributed by atoms with van der Waals surface area (Å²) in [6.45, 7) is 5.05. The van der Waals surface area contributed by atoms with Crippen molar-refractivity contribution in [3.63, 3.8) is 0 Å². The summed E-state index contributed by atoms with van der Waals surface area (Å²) in [5.74, 6) is 0.684. The molecule has 0 saturated carbocycles. The zero-order valence-corrected chi connectivity index (χ0v) is 16.7. The Morgan fingerprint density at radius 3 is 2.74 bits per heavy atom. The van der Waals surface area contributed by atoms with E-state index in [4.69, 9.17) is 0 Å². The predicted octanol–water partition coefficient (Wildman–Crippen LogP) is 1.66. The molecular weight excluding hydrogens is 405 g/mol. The van der Waals surface area contributed by atoms with Crippen molar-refractivity contribution < 1.29 is 4.79 Å². The van der Waals surface area contributed by atoms with Gasteiger partial charge >= 0.3 is 0 Å². The molecule has 0 aliphatic rings. The second-order valence-electron chi connectivity index (χ2n) is 5.27. The molecule has 0 aliphatic heterocycles. The standard InChI is InChI=1S/C16H27N5O.HI/c1-5-13(2)20-16(17-3)19-12-15(22)21(4)11-9-14-8-6-7-10-18-14;/h6-8,10,13H,5,9,11-12H2,1-4H3,(H2,17,19,20);1H. The number of aliphatic imine (C=N–C) groups is 1. The average Bonchev–Trinajstić information content (AvgIpc) is 2.56. The van der Waals surface area contributed by atoms with Crippen molar-refractivity contribution in [2.75, 3.05) is 27.2 Å². The quantitative estimate of drug-likeness (QED) is 0.390. The van der Waals surface area contributed by atoms with Gasteiger partial charge in [0.15, 0.2) is 5.96 Å². The van der Waals surface area contributed by atoms with Gasteiger partial charge in [-0.3, -0.25) is 14.8 Å². The Balaban J connectivity index is 0.00000484. The van der Waals surface area contributed by atoms with Gasteiger partial charge < -0.3 is 15.5 Å². The van der Waals surface area contributed by atoms with E-state index in [0.717, 1.165) is 18.5 Å². The van der Waals surface area contributed by atoms with Crippen LogP contribution >= 0.6 is 24.0 Å². The van der Waals surface area contributed by atoms with Crippen LogP contribution in [0, 0.1) is 0 Å². The van der Waals surface area contributed by atoms with E-state index in [0.29, 0.717) is 18.5 Å². The molecule has 0 aromatic carbocycles. The van der Waals surface area contributed by atoms with Crippen LogP contribution in [0.3, 0.4) is 0 Å². The molecule has 0 aliphatic carbocycles. The topological polar surface area (TPSA) is 69.6 Å². The van der Waals surface area contributed by atoms with Crippen molar-refractivity contribution in [3.05, 3.63) is 30.1 Å². The maximum absolute atomic E-state index is 12.1. The van der Waals surface area contributed by atoms with Crippen LogP contribution in [0.25, 0.3) is 0 Å². The SMILES string of the molecule is CCC(C)NC(=NC)NCC(=O)N(C)CCc1ccccn1.I. The fourth-order valence-corrected chi connectivity index (χ4v) is 1.78. The van der Waals surface area contributed by atoms with Crippen molar-refractivity contribution in [3.8, 4) is 0 Å². The van der Waals surface area contributed by atoms with Gasteiger partial charge in [0.25, 0.3) is 0 Å². The number of aromatic nitrogens is 1. The highest BCUT2D eigenvalue weighted by Gasteiger charge is 2.10. The summed E-state index contributed by atoms with van der Waals surface area (Å²) in [4.78, 5) is 22.2. The van der Waals surface area contributed by atoms with Gasteiger partial charge in [-0.2, -0.15) is 0 Å². The summed E-state index contributed by atoms with van der Waals surface area (Å²) in [6.07, 6.45) is 3.52. The first kappa shape index (κ1) is 21.6. The predicted molar refractivity (Wildman–Crippen MR) is 105 cm³/mol. The summed E-state index contributed by atoms with van der Waals surface area (Å²) in [5.41, 5.74) is 0.990. The molecule has 0 bridgehead atoms. The van der Waals surface area contributed by atoms with Crippen LogP contribution in [0.5, 0.6) is 0 Å². The van der Waals surface area contributed by atoms with Crippen LogP contribution in [-0.2, 0) is 11.2 Å². The van der Waals surface area contributed by atoms with E-state index in [9.17, 15) is 4.79 Å². The number of halogens is 1. The Bertz CT molecular complexity index is 481. The first-order valence-electron chi connectivity index (χ1n) is 7.67. The van der Waals surface area contributed by atoms with Gasteiger partial charge in [-0.05, 0) is 25.5 Å². The fourth-order valence-electron chi connectivity index (χ4n) is 1.78. The first-order valence-corrected chi connectivity index (χ1v) is 7.67. The minimum atomic E-state index is 0. The fraction of sp³-hybridized carbons (Fsp3) is 0.562. The number of likely N-dealkylation sites (N-methyl/N-ethyl adjacent to an activating group) is 1. The molecule has 1 aromatic heterocycles. The molecule has 7 heteroatoms. The lowest BCUT2D eigenvalue weighted by atomic mass is 10.2. The van der Waals surface area contributed by atoms with Crippen molar-refractivity contribution in [2.45, 2.75) is 32.7 Å². The molecule has 1 heterocycles. The molecule has 1 unspecified atom stereocenters. The third-order valence-electron chi connectivity index (χ3n) is 3.48. The Hall–Kier alpha value is -1.38. The first-order chi connectivity index (χ1) is 10.6. The minimum Gasteiger partial charge on any atom is -0.354 e. The van der Waals surface area contributed by atoms with Gasteiger partial charge in [0.2, 0.25) is 5.91 Å². The maximum atomic E-state index is 12.1. The van der Waals surface area contributed by atoms with Crippen molar-refractivity contribution >= 4 is 35.8 Å². The zero-order valence-electron chi connectivity index (χ0n) is 14.4. The second-order valence-corrected chi connectivity index (χ2v) is 5.27. The molecule has 1 amide bonds. The third-order valence-corrected chi connectivity index (χ3v) is 3.48. The van der Waals surface area contributed by atoms with Crippen molar-refractivity contribution in [1.82, 2.24) is 20.5 Å². The third kappa shape index (κ3) is 8.73. The van der Waals surface area contributed by atoms with Crippen LogP contribution in [0.1, 0.15) is 26.0 Å². The second kappa shape index (κ2) is 12.1. The highest BCUT2D eigenvalue weighted by molar-refractivity contribution is 14.0. The lowest BCUT2D eigenvalue weighted by Crippen LogP contribution is -2.46. The number of rotatable bonds is 7. The molecule has 1 aromatic rings. The maximum Gasteiger partial charge on any atom is 0.241 e. The number of amides is 1. The minimum absolute atomic E-state index is 0. The molecule has 0 spiro atoms. The largest absolute Gasteiger partial charge is 0.354 e. The lowest BCUT2D eigenvalue weighted by Gasteiger charge is -2.20. The van der Waals surface area contributed by atoms with E-state index >= 15 is 0 Å². The van der Waals surface area contributed by atoms with E-state index in [1.165, 1.54) is 0 Å². The molecule has 0 radical (unpaired) electrons. The van der Waals surface area contributed by atoms with Crippen molar-refractivity contribution in [2.24, 2.45) is 4.99 Å². The monoisotopic (exact) mass is 433 g/mol. The molecule has 1 atom stereocenters. The van der Waals surface area contributed by atoms with E-state index in [1.54, 1.807) is 25.2 Å². The highest BCUT2D eigenvalue weighted by atomic mass is 127.